The predicted molar refractivity (Wildman–Crippen MR) is 56.6 cm³/mol. The van der Waals surface area contributed by atoms with Crippen LogP contribution in [0.5, 0.6) is 0 Å². The van der Waals surface area contributed by atoms with E-state index in [0.29, 0.717) is 11.7 Å². The van der Waals surface area contributed by atoms with Crippen molar-refractivity contribution in [3.8, 4) is 11.4 Å². The summed E-state index contributed by atoms with van der Waals surface area (Å²) in [5.41, 5.74) is 6.83. The van der Waals surface area contributed by atoms with E-state index in [1.165, 1.54) is 0 Å². The van der Waals surface area contributed by atoms with Crippen molar-refractivity contribution in [1.29, 1.82) is 0 Å². The Kier molecular flexibility index (Phi) is 2.25. The van der Waals surface area contributed by atoms with E-state index in [1.807, 2.05) is 6.07 Å². The average molecular weight is 219 g/mol. The van der Waals surface area contributed by atoms with Gasteiger partial charge in [0.2, 0.25) is 11.7 Å². The molecule has 0 aromatic carbocycles. The Morgan fingerprint density at radius 1 is 1.38 bits per heavy atom. The van der Waals surface area contributed by atoms with Crippen molar-refractivity contribution < 1.29 is 8.94 Å². The van der Waals surface area contributed by atoms with Gasteiger partial charge in [0.25, 0.3) is 0 Å². The van der Waals surface area contributed by atoms with Crippen LogP contribution in [0.2, 0.25) is 0 Å². The Labute approximate surface area is 92.6 Å². The second-order valence-corrected chi connectivity index (χ2v) is 4.17. The van der Waals surface area contributed by atoms with E-state index >= 15 is 0 Å². The van der Waals surface area contributed by atoms with Gasteiger partial charge in [-0.25, -0.2) is 0 Å². The van der Waals surface area contributed by atoms with Crippen LogP contribution in [-0.2, 0) is 0 Å². The number of aromatic nitrogens is 2. The summed E-state index contributed by atoms with van der Waals surface area (Å²) in [7, 11) is 0. The molecule has 16 heavy (non-hydrogen) atoms. The molecule has 5 heteroatoms. The van der Waals surface area contributed by atoms with Gasteiger partial charge in [-0.1, -0.05) is 11.6 Å². The van der Waals surface area contributed by atoms with E-state index < -0.39 is 0 Å². The molecular formula is C11H13N3O2. The first-order chi connectivity index (χ1) is 7.84. The van der Waals surface area contributed by atoms with E-state index in [-0.39, 0.29) is 12.0 Å². The molecule has 2 heterocycles. The van der Waals surface area contributed by atoms with Gasteiger partial charge in [0, 0.05) is 6.04 Å². The summed E-state index contributed by atoms with van der Waals surface area (Å²) in [6, 6.07) is 1.96. The Hall–Kier alpha value is -1.62. The molecule has 1 fully saturated rings. The highest BCUT2D eigenvalue weighted by Gasteiger charge is 2.30. The van der Waals surface area contributed by atoms with Gasteiger partial charge in [0.15, 0.2) is 0 Å². The third kappa shape index (κ3) is 1.53. The van der Waals surface area contributed by atoms with Crippen molar-refractivity contribution in [2.45, 2.75) is 31.2 Å². The van der Waals surface area contributed by atoms with Gasteiger partial charge in [0.05, 0.1) is 17.7 Å². The van der Waals surface area contributed by atoms with E-state index in [1.54, 1.807) is 12.5 Å². The summed E-state index contributed by atoms with van der Waals surface area (Å²) in [5.74, 6) is 1.44. The second kappa shape index (κ2) is 3.75. The van der Waals surface area contributed by atoms with Gasteiger partial charge in [0.1, 0.15) is 6.26 Å². The quantitative estimate of drug-likeness (QED) is 0.834. The minimum Gasteiger partial charge on any atom is -0.472 e. The smallest absolute Gasteiger partial charge is 0.231 e. The Morgan fingerprint density at radius 2 is 2.31 bits per heavy atom. The molecular weight excluding hydrogens is 206 g/mol. The Bertz CT molecular complexity index is 463. The van der Waals surface area contributed by atoms with Gasteiger partial charge < -0.3 is 14.7 Å². The van der Waals surface area contributed by atoms with Crippen molar-refractivity contribution in [1.82, 2.24) is 10.1 Å². The zero-order valence-electron chi connectivity index (χ0n) is 8.80. The molecule has 2 aromatic rings. The topological polar surface area (TPSA) is 78.1 Å². The van der Waals surface area contributed by atoms with Crippen LogP contribution in [0.4, 0.5) is 0 Å². The first-order valence-corrected chi connectivity index (χ1v) is 5.46. The summed E-state index contributed by atoms with van der Waals surface area (Å²) >= 11 is 0. The van der Waals surface area contributed by atoms with E-state index in [4.69, 9.17) is 14.7 Å². The first-order valence-electron chi connectivity index (χ1n) is 5.46. The molecule has 0 aliphatic heterocycles. The van der Waals surface area contributed by atoms with E-state index in [2.05, 4.69) is 10.1 Å². The molecule has 1 aliphatic carbocycles. The molecule has 1 aliphatic rings. The van der Waals surface area contributed by atoms with Gasteiger partial charge in [-0.3, -0.25) is 0 Å². The SMILES string of the molecule is NC1CCCC1c1nc(-c2ccoc2)no1. The van der Waals surface area contributed by atoms with Crippen molar-refractivity contribution in [2.75, 3.05) is 0 Å². The molecule has 0 spiro atoms. The van der Waals surface area contributed by atoms with Crippen molar-refractivity contribution >= 4 is 0 Å². The normalized spacial score (nSPS) is 25.1. The molecule has 0 amide bonds. The lowest BCUT2D eigenvalue weighted by Crippen LogP contribution is -2.22. The molecule has 2 unspecified atom stereocenters. The molecule has 84 valence electrons. The highest BCUT2D eigenvalue weighted by Crippen LogP contribution is 2.33. The zero-order valence-corrected chi connectivity index (χ0v) is 8.80. The fourth-order valence-corrected chi connectivity index (χ4v) is 2.19. The van der Waals surface area contributed by atoms with Crippen LogP contribution < -0.4 is 5.73 Å². The van der Waals surface area contributed by atoms with Crippen molar-refractivity contribution in [2.24, 2.45) is 5.73 Å². The summed E-state index contributed by atoms with van der Waals surface area (Å²) in [4.78, 5) is 4.37. The van der Waals surface area contributed by atoms with Crippen LogP contribution in [0.1, 0.15) is 31.1 Å². The maximum atomic E-state index is 5.99. The van der Waals surface area contributed by atoms with E-state index in [9.17, 15) is 0 Å². The summed E-state index contributed by atoms with van der Waals surface area (Å²) in [5, 5.41) is 3.94. The van der Waals surface area contributed by atoms with Gasteiger partial charge in [-0.15, -0.1) is 0 Å². The van der Waals surface area contributed by atoms with E-state index in [0.717, 1.165) is 24.8 Å². The van der Waals surface area contributed by atoms with Crippen molar-refractivity contribution in [3.05, 3.63) is 24.5 Å². The van der Waals surface area contributed by atoms with Crippen LogP contribution >= 0.6 is 0 Å². The fourth-order valence-electron chi connectivity index (χ4n) is 2.19. The molecule has 0 bridgehead atoms. The van der Waals surface area contributed by atoms with Crippen LogP contribution in [0.15, 0.2) is 27.5 Å². The predicted octanol–water partition coefficient (Wildman–Crippen LogP) is 1.92. The number of nitrogens with two attached hydrogens (primary N) is 1. The maximum Gasteiger partial charge on any atom is 0.231 e. The number of rotatable bonds is 2. The number of hydrogen-bond acceptors (Lipinski definition) is 5. The minimum absolute atomic E-state index is 0.151. The minimum atomic E-state index is 0.151. The largest absolute Gasteiger partial charge is 0.472 e. The fraction of sp³-hybridized carbons (Fsp3) is 0.455. The Morgan fingerprint density at radius 3 is 3.00 bits per heavy atom. The molecule has 1 saturated carbocycles. The molecule has 2 aromatic heterocycles. The third-order valence-corrected chi connectivity index (χ3v) is 3.11. The van der Waals surface area contributed by atoms with Gasteiger partial charge in [-0.05, 0) is 18.9 Å². The Balaban J connectivity index is 1.88. The zero-order chi connectivity index (χ0) is 11.0. The molecule has 2 atom stereocenters. The maximum absolute atomic E-state index is 5.99. The number of nitrogens with zero attached hydrogens (tertiary/aromatic N) is 2. The summed E-state index contributed by atoms with van der Waals surface area (Å²) in [6.45, 7) is 0. The lowest BCUT2D eigenvalue weighted by molar-refractivity contribution is 0.345. The van der Waals surface area contributed by atoms with Crippen molar-refractivity contribution in [3.63, 3.8) is 0 Å². The molecule has 5 nitrogen and oxygen atoms in total. The summed E-state index contributed by atoms with van der Waals surface area (Å²) < 4.78 is 10.2. The molecule has 0 radical (unpaired) electrons. The average Bonchev–Trinajstić information content (AvgIpc) is 2.96. The third-order valence-electron chi connectivity index (χ3n) is 3.11. The standard InChI is InChI=1S/C11H13N3O2/c12-9-3-1-2-8(9)11-13-10(14-16-11)7-4-5-15-6-7/h4-6,8-9H,1-3,12H2. The van der Waals surface area contributed by atoms with Gasteiger partial charge >= 0.3 is 0 Å². The monoisotopic (exact) mass is 219 g/mol. The molecule has 2 N–H and O–H groups in total. The lowest BCUT2D eigenvalue weighted by Gasteiger charge is -2.08. The molecule has 0 saturated heterocycles. The van der Waals surface area contributed by atoms with Crippen LogP contribution in [-0.4, -0.2) is 16.2 Å². The van der Waals surface area contributed by atoms with Crippen LogP contribution in [0, 0.1) is 0 Å². The van der Waals surface area contributed by atoms with Crippen LogP contribution in [0.25, 0.3) is 11.4 Å². The van der Waals surface area contributed by atoms with Gasteiger partial charge in [-0.2, -0.15) is 4.98 Å². The first kappa shape index (κ1) is 9.59. The second-order valence-electron chi connectivity index (χ2n) is 4.17. The summed E-state index contributed by atoms with van der Waals surface area (Å²) in [6.07, 6.45) is 6.40. The van der Waals surface area contributed by atoms with Crippen LogP contribution in [0.3, 0.4) is 0 Å². The molecule has 3 rings (SSSR count). The number of furan rings is 1. The number of hydrogen-bond donors (Lipinski definition) is 1. The highest BCUT2D eigenvalue weighted by molar-refractivity contribution is 5.51. The highest BCUT2D eigenvalue weighted by atomic mass is 16.5. The lowest BCUT2D eigenvalue weighted by atomic mass is 10.1.